The molecule has 1 aromatic carbocycles. The van der Waals surface area contributed by atoms with Gasteiger partial charge in [0, 0.05) is 13.6 Å². The quantitative estimate of drug-likeness (QED) is 0.799. The van der Waals surface area contributed by atoms with E-state index in [9.17, 15) is 4.79 Å². The van der Waals surface area contributed by atoms with Crippen molar-refractivity contribution < 1.29 is 4.79 Å². The van der Waals surface area contributed by atoms with Crippen molar-refractivity contribution in [1.29, 1.82) is 0 Å². The lowest BCUT2D eigenvalue weighted by Crippen LogP contribution is -2.26. The molecule has 19 heavy (non-hydrogen) atoms. The monoisotopic (exact) mass is 259 g/mol. The Hall–Kier alpha value is -2.21. The second-order valence-electron chi connectivity index (χ2n) is 4.28. The Kier molecular flexibility index (Phi) is 4.25. The van der Waals surface area contributed by atoms with Gasteiger partial charge in [-0.05, 0) is 11.1 Å². The van der Waals surface area contributed by atoms with Gasteiger partial charge in [0.05, 0.1) is 13.0 Å². The number of rotatable bonds is 5. The summed E-state index contributed by atoms with van der Waals surface area (Å²) in [4.78, 5) is 11.9. The summed E-state index contributed by atoms with van der Waals surface area (Å²) >= 11 is 0. The molecule has 0 bridgehead atoms. The van der Waals surface area contributed by atoms with Crippen molar-refractivity contribution in [3.8, 4) is 0 Å². The van der Waals surface area contributed by atoms with Crippen molar-refractivity contribution >= 4 is 5.91 Å². The number of carbonyl (C=O) groups excluding carboxylic acids is 1. The van der Waals surface area contributed by atoms with Crippen LogP contribution in [0.5, 0.6) is 0 Å². The molecule has 0 aliphatic carbocycles. The number of hydrogen-bond acceptors (Lipinski definition) is 4. The average Bonchev–Trinajstić information content (AvgIpc) is 2.82. The number of aryl methyl sites for hydroxylation is 1. The highest BCUT2D eigenvalue weighted by Crippen LogP contribution is 2.08. The molecular formula is C13H17N5O. The minimum Gasteiger partial charge on any atom is -0.349 e. The zero-order valence-corrected chi connectivity index (χ0v) is 10.8. The summed E-state index contributed by atoms with van der Waals surface area (Å²) in [7, 11) is 1.84. The highest BCUT2D eigenvalue weighted by Gasteiger charge is 2.08. The first-order chi connectivity index (χ1) is 9.20. The standard InChI is InChI=1S/C13H17N5O/c1-18-9-16-17-12(18)8-15-13(19)6-10-4-2-3-5-11(10)7-14/h2-5,9H,6-8,14H2,1H3,(H,15,19). The van der Waals surface area contributed by atoms with Gasteiger partial charge in [-0.3, -0.25) is 4.79 Å². The zero-order valence-electron chi connectivity index (χ0n) is 10.8. The third-order valence-corrected chi connectivity index (χ3v) is 2.94. The van der Waals surface area contributed by atoms with E-state index in [2.05, 4.69) is 15.5 Å². The Morgan fingerprint density at radius 2 is 2.11 bits per heavy atom. The van der Waals surface area contributed by atoms with Crippen molar-refractivity contribution in [2.45, 2.75) is 19.5 Å². The van der Waals surface area contributed by atoms with Crippen LogP contribution in [0.3, 0.4) is 0 Å². The first-order valence-electron chi connectivity index (χ1n) is 6.07. The molecule has 0 saturated heterocycles. The van der Waals surface area contributed by atoms with Crippen LogP contribution in [0.1, 0.15) is 17.0 Å². The minimum absolute atomic E-state index is 0.0519. The Morgan fingerprint density at radius 3 is 2.74 bits per heavy atom. The number of benzene rings is 1. The number of nitrogens with one attached hydrogen (secondary N) is 1. The fourth-order valence-electron chi connectivity index (χ4n) is 1.81. The summed E-state index contributed by atoms with van der Waals surface area (Å²) in [6.07, 6.45) is 1.93. The van der Waals surface area contributed by atoms with Crippen molar-refractivity contribution in [3.63, 3.8) is 0 Å². The molecule has 1 aromatic heterocycles. The predicted octanol–water partition coefficient (Wildman–Crippen LogP) is 0.133. The number of nitrogens with two attached hydrogens (primary N) is 1. The maximum Gasteiger partial charge on any atom is 0.224 e. The molecule has 2 aromatic rings. The van der Waals surface area contributed by atoms with Crippen molar-refractivity contribution in [2.24, 2.45) is 12.8 Å². The van der Waals surface area contributed by atoms with E-state index >= 15 is 0 Å². The van der Waals surface area contributed by atoms with Crippen LogP contribution in [0, 0.1) is 0 Å². The van der Waals surface area contributed by atoms with Gasteiger partial charge in [-0.25, -0.2) is 0 Å². The van der Waals surface area contributed by atoms with Gasteiger partial charge in [0.2, 0.25) is 5.91 Å². The Labute approximate surface area is 111 Å². The number of carbonyl (C=O) groups is 1. The van der Waals surface area contributed by atoms with Crippen LogP contribution in [0.4, 0.5) is 0 Å². The molecule has 0 unspecified atom stereocenters. The van der Waals surface area contributed by atoms with Gasteiger partial charge in [0.15, 0.2) is 5.82 Å². The van der Waals surface area contributed by atoms with E-state index in [1.807, 2.05) is 31.3 Å². The number of hydrogen-bond donors (Lipinski definition) is 2. The average molecular weight is 259 g/mol. The second-order valence-corrected chi connectivity index (χ2v) is 4.28. The van der Waals surface area contributed by atoms with Crippen LogP contribution in [-0.4, -0.2) is 20.7 Å². The van der Waals surface area contributed by atoms with Gasteiger partial charge in [-0.2, -0.15) is 0 Å². The summed E-state index contributed by atoms with van der Waals surface area (Å²) in [5, 5.41) is 10.5. The maximum atomic E-state index is 11.9. The fraction of sp³-hybridized carbons (Fsp3) is 0.308. The SMILES string of the molecule is Cn1cnnc1CNC(=O)Cc1ccccc1CN. The molecule has 3 N–H and O–H groups in total. The summed E-state index contributed by atoms with van der Waals surface area (Å²) in [5.74, 6) is 0.671. The van der Waals surface area contributed by atoms with E-state index in [0.29, 0.717) is 19.5 Å². The number of amides is 1. The lowest BCUT2D eigenvalue weighted by Gasteiger charge is -2.08. The van der Waals surface area contributed by atoms with Crippen LogP contribution < -0.4 is 11.1 Å². The van der Waals surface area contributed by atoms with Gasteiger partial charge in [-0.15, -0.1) is 10.2 Å². The van der Waals surface area contributed by atoms with Gasteiger partial charge in [0.1, 0.15) is 6.33 Å². The molecule has 0 fully saturated rings. The predicted molar refractivity (Wildman–Crippen MR) is 70.9 cm³/mol. The Morgan fingerprint density at radius 1 is 1.37 bits per heavy atom. The van der Waals surface area contributed by atoms with E-state index in [1.54, 1.807) is 10.9 Å². The lowest BCUT2D eigenvalue weighted by atomic mass is 10.0. The molecule has 0 radical (unpaired) electrons. The second kappa shape index (κ2) is 6.10. The van der Waals surface area contributed by atoms with Crippen molar-refractivity contribution in [3.05, 3.63) is 47.5 Å². The molecule has 2 rings (SSSR count). The molecule has 0 atom stereocenters. The number of nitrogens with zero attached hydrogens (tertiary/aromatic N) is 3. The van der Waals surface area contributed by atoms with Crippen molar-refractivity contribution in [2.75, 3.05) is 0 Å². The fourth-order valence-corrected chi connectivity index (χ4v) is 1.81. The van der Waals surface area contributed by atoms with Crippen LogP contribution in [0.15, 0.2) is 30.6 Å². The topological polar surface area (TPSA) is 85.8 Å². The van der Waals surface area contributed by atoms with Gasteiger partial charge in [-0.1, -0.05) is 24.3 Å². The normalized spacial score (nSPS) is 10.4. The Balaban J connectivity index is 1.93. The summed E-state index contributed by atoms with van der Waals surface area (Å²) < 4.78 is 1.77. The third kappa shape index (κ3) is 3.38. The third-order valence-electron chi connectivity index (χ3n) is 2.94. The molecule has 6 heteroatoms. The minimum atomic E-state index is -0.0519. The van der Waals surface area contributed by atoms with Crippen LogP contribution in [-0.2, 0) is 31.4 Å². The first-order valence-corrected chi connectivity index (χ1v) is 6.07. The highest BCUT2D eigenvalue weighted by molar-refractivity contribution is 5.78. The van der Waals surface area contributed by atoms with Crippen LogP contribution in [0.25, 0.3) is 0 Å². The smallest absolute Gasteiger partial charge is 0.224 e. The largest absolute Gasteiger partial charge is 0.349 e. The first kappa shape index (κ1) is 13.2. The van der Waals surface area contributed by atoms with E-state index in [-0.39, 0.29) is 5.91 Å². The summed E-state index contributed by atoms with van der Waals surface area (Å²) in [6.45, 7) is 0.812. The number of aromatic nitrogens is 3. The van der Waals surface area contributed by atoms with E-state index < -0.39 is 0 Å². The summed E-state index contributed by atoms with van der Waals surface area (Å²) in [5.41, 5.74) is 7.60. The van der Waals surface area contributed by atoms with Gasteiger partial charge < -0.3 is 15.6 Å². The summed E-state index contributed by atoms with van der Waals surface area (Å²) in [6, 6.07) is 7.68. The van der Waals surface area contributed by atoms with Gasteiger partial charge >= 0.3 is 0 Å². The molecule has 0 saturated carbocycles. The van der Waals surface area contributed by atoms with E-state index in [0.717, 1.165) is 17.0 Å². The molecule has 1 heterocycles. The lowest BCUT2D eigenvalue weighted by molar-refractivity contribution is -0.120. The van der Waals surface area contributed by atoms with Crippen LogP contribution in [0.2, 0.25) is 0 Å². The highest BCUT2D eigenvalue weighted by atomic mass is 16.1. The molecule has 1 amide bonds. The Bertz CT molecular complexity index is 564. The molecule has 0 aliphatic rings. The van der Waals surface area contributed by atoms with E-state index in [1.165, 1.54) is 0 Å². The zero-order chi connectivity index (χ0) is 13.7. The molecule has 0 spiro atoms. The maximum absolute atomic E-state index is 11.9. The molecule has 100 valence electrons. The molecular weight excluding hydrogens is 242 g/mol. The molecule has 0 aliphatic heterocycles. The van der Waals surface area contributed by atoms with Gasteiger partial charge in [0.25, 0.3) is 0 Å². The van der Waals surface area contributed by atoms with Crippen LogP contribution >= 0.6 is 0 Å². The van der Waals surface area contributed by atoms with E-state index in [4.69, 9.17) is 5.73 Å². The molecule has 6 nitrogen and oxygen atoms in total. The van der Waals surface area contributed by atoms with Crippen molar-refractivity contribution in [1.82, 2.24) is 20.1 Å².